The summed E-state index contributed by atoms with van der Waals surface area (Å²) < 4.78 is 0. The molecule has 0 aliphatic heterocycles. The van der Waals surface area contributed by atoms with Crippen LogP contribution in [0.5, 0.6) is 0 Å². The molecule has 3 heterocycles. The molecule has 6 heteroatoms. The molecular weight excluding hydrogens is 264 g/mol. The van der Waals surface area contributed by atoms with E-state index in [2.05, 4.69) is 34.1 Å². The van der Waals surface area contributed by atoms with Crippen molar-refractivity contribution in [3.8, 4) is 0 Å². The number of aromatic nitrogens is 3. The Bertz CT molecular complexity index is 673. The normalized spacial score (nSPS) is 11.0. The third-order valence-electron chi connectivity index (χ3n) is 2.89. The first kappa shape index (κ1) is 11.6. The van der Waals surface area contributed by atoms with Gasteiger partial charge < -0.3 is 5.32 Å². The van der Waals surface area contributed by atoms with E-state index in [-0.39, 0.29) is 0 Å². The Kier molecular flexibility index (Phi) is 2.97. The third-order valence-corrected chi connectivity index (χ3v) is 4.64. The van der Waals surface area contributed by atoms with Crippen LogP contribution in [0.4, 0.5) is 5.82 Å². The number of thiophene rings is 1. The van der Waals surface area contributed by atoms with Gasteiger partial charge in [0, 0.05) is 10.3 Å². The predicted molar refractivity (Wildman–Crippen MR) is 76.3 cm³/mol. The van der Waals surface area contributed by atoms with Gasteiger partial charge in [0.2, 0.25) is 0 Å². The molecule has 0 spiro atoms. The Labute approximate surface area is 113 Å². The fourth-order valence-electron chi connectivity index (χ4n) is 1.82. The van der Waals surface area contributed by atoms with E-state index in [0.717, 1.165) is 21.7 Å². The predicted octanol–water partition coefficient (Wildman–Crippen LogP) is 3.38. The van der Waals surface area contributed by atoms with Crippen molar-refractivity contribution in [1.82, 2.24) is 15.0 Å². The van der Waals surface area contributed by atoms with Crippen LogP contribution in [0, 0.1) is 13.8 Å². The van der Waals surface area contributed by atoms with Crippen molar-refractivity contribution >= 4 is 38.7 Å². The van der Waals surface area contributed by atoms with Crippen molar-refractivity contribution in [3.05, 3.63) is 33.4 Å². The summed E-state index contributed by atoms with van der Waals surface area (Å²) >= 11 is 3.32. The quantitative estimate of drug-likeness (QED) is 0.796. The molecule has 18 heavy (non-hydrogen) atoms. The standard InChI is InChI=1S/C12H12N4S2/c1-7-8(2)18-12-10(7)11(14-5-15-12)13-3-9-4-17-6-16-9/h4-6H,3H2,1-2H3,(H,13,14,15). The van der Waals surface area contributed by atoms with Gasteiger partial charge in [-0.1, -0.05) is 0 Å². The zero-order valence-corrected chi connectivity index (χ0v) is 11.7. The first-order chi connectivity index (χ1) is 8.75. The van der Waals surface area contributed by atoms with E-state index < -0.39 is 0 Å². The highest BCUT2D eigenvalue weighted by molar-refractivity contribution is 7.18. The lowest BCUT2D eigenvalue weighted by atomic mass is 10.2. The summed E-state index contributed by atoms with van der Waals surface area (Å²) in [5.74, 6) is 0.898. The molecule has 0 radical (unpaired) electrons. The Hall–Kier alpha value is -1.53. The van der Waals surface area contributed by atoms with Crippen LogP contribution in [0.3, 0.4) is 0 Å². The summed E-state index contributed by atoms with van der Waals surface area (Å²) in [6.07, 6.45) is 1.61. The highest BCUT2D eigenvalue weighted by Crippen LogP contribution is 2.32. The molecule has 0 saturated carbocycles. The fraction of sp³-hybridized carbons (Fsp3) is 0.250. The maximum atomic E-state index is 4.34. The molecule has 3 rings (SSSR count). The number of fused-ring (bicyclic) bond motifs is 1. The number of hydrogen-bond donors (Lipinski definition) is 1. The SMILES string of the molecule is Cc1sc2ncnc(NCc3cscn3)c2c1C. The molecule has 0 atom stereocenters. The second-order valence-electron chi connectivity index (χ2n) is 4.02. The number of hydrogen-bond acceptors (Lipinski definition) is 6. The summed E-state index contributed by atoms with van der Waals surface area (Å²) in [5, 5.41) is 6.52. The number of nitrogens with zero attached hydrogens (tertiary/aromatic N) is 3. The fourth-order valence-corrected chi connectivity index (χ4v) is 3.37. The summed E-state index contributed by atoms with van der Waals surface area (Å²) in [6, 6.07) is 0. The molecular formula is C12H12N4S2. The number of thiazole rings is 1. The lowest BCUT2D eigenvalue weighted by Crippen LogP contribution is -2.02. The van der Waals surface area contributed by atoms with Crippen LogP contribution in [0.25, 0.3) is 10.2 Å². The van der Waals surface area contributed by atoms with E-state index in [1.165, 1.54) is 10.4 Å². The molecule has 92 valence electrons. The van der Waals surface area contributed by atoms with Crippen LogP contribution in [0.2, 0.25) is 0 Å². The molecule has 1 N–H and O–H groups in total. The van der Waals surface area contributed by atoms with Crippen molar-refractivity contribution in [2.45, 2.75) is 20.4 Å². The van der Waals surface area contributed by atoms with Gasteiger partial charge >= 0.3 is 0 Å². The Morgan fingerprint density at radius 1 is 1.22 bits per heavy atom. The first-order valence-electron chi connectivity index (χ1n) is 5.57. The van der Waals surface area contributed by atoms with Crippen LogP contribution >= 0.6 is 22.7 Å². The molecule has 0 amide bonds. The smallest absolute Gasteiger partial charge is 0.138 e. The van der Waals surface area contributed by atoms with Crippen LogP contribution < -0.4 is 5.32 Å². The molecule has 3 aromatic heterocycles. The van der Waals surface area contributed by atoms with Gasteiger partial charge in [0.15, 0.2) is 0 Å². The zero-order valence-electron chi connectivity index (χ0n) is 10.1. The van der Waals surface area contributed by atoms with Crippen molar-refractivity contribution in [2.24, 2.45) is 0 Å². The highest BCUT2D eigenvalue weighted by atomic mass is 32.1. The number of anilines is 1. The van der Waals surface area contributed by atoms with Crippen molar-refractivity contribution in [2.75, 3.05) is 5.32 Å². The Balaban J connectivity index is 1.96. The van der Waals surface area contributed by atoms with Crippen LogP contribution in [0.1, 0.15) is 16.1 Å². The van der Waals surface area contributed by atoms with E-state index in [0.29, 0.717) is 6.54 Å². The van der Waals surface area contributed by atoms with Crippen molar-refractivity contribution in [1.29, 1.82) is 0 Å². The van der Waals surface area contributed by atoms with Crippen molar-refractivity contribution < 1.29 is 0 Å². The van der Waals surface area contributed by atoms with Gasteiger partial charge in [0.05, 0.1) is 23.1 Å². The molecule has 0 saturated heterocycles. The molecule has 0 fully saturated rings. The van der Waals surface area contributed by atoms with E-state index in [4.69, 9.17) is 0 Å². The second kappa shape index (κ2) is 4.62. The summed E-state index contributed by atoms with van der Waals surface area (Å²) in [6.45, 7) is 4.93. The second-order valence-corrected chi connectivity index (χ2v) is 5.94. The van der Waals surface area contributed by atoms with Gasteiger partial charge in [0.1, 0.15) is 17.0 Å². The number of nitrogens with one attached hydrogen (secondary N) is 1. The maximum absolute atomic E-state index is 4.34. The van der Waals surface area contributed by atoms with Gasteiger partial charge in [-0.05, 0) is 19.4 Å². The minimum Gasteiger partial charge on any atom is -0.364 e. The molecule has 0 unspecified atom stereocenters. The maximum Gasteiger partial charge on any atom is 0.138 e. The van der Waals surface area contributed by atoms with Crippen LogP contribution in [-0.4, -0.2) is 15.0 Å². The summed E-state index contributed by atoms with van der Waals surface area (Å²) in [7, 11) is 0. The van der Waals surface area contributed by atoms with Gasteiger partial charge in [-0.3, -0.25) is 0 Å². The molecule has 0 aliphatic rings. The lowest BCUT2D eigenvalue weighted by molar-refractivity contribution is 1.05. The largest absolute Gasteiger partial charge is 0.364 e. The lowest BCUT2D eigenvalue weighted by Gasteiger charge is -2.05. The Morgan fingerprint density at radius 3 is 2.89 bits per heavy atom. The molecule has 0 bridgehead atoms. The molecule has 3 aromatic rings. The van der Waals surface area contributed by atoms with Gasteiger partial charge in [-0.15, -0.1) is 22.7 Å². The minimum absolute atomic E-state index is 0.698. The van der Waals surface area contributed by atoms with E-state index in [1.54, 1.807) is 29.0 Å². The molecule has 4 nitrogen and oxygen atoms in total. The Morgan fingerprint density at radius 2 is 2.11 bits per heavy atom. The molecule has 0 aromatic carbocycles. The topological polar surface area (TPSA) is 50.7 Å². The minimum atomic E-state index is 0.698. The van der Waals surface area contributed by atoms with Crippen LogP contribution in [-0.2, 0) is 6.54 Å². The van der Waals surface area contributed by atoms with Crippen LogP contribution in [0.15, 0.2) is 17.2 Å². The van der Waals surface area contributed by atoms with Crippen molar-refractivity contribution in [3.63, 3.8) is 0 Å². The van der Waals surface area contributed by atoms with E-state index in [9.17, 15) is 0 Å². The van der Waals surface area contributed by atoms with Gasteiger partial charge in [-0.25, -0.2) is 15.0 Å². The number of rotatable bonds is 3. The average molecular weight is 276 g/mol. The van der Waals surface area contributed by atoms with E-state index >= 15 is 0 Å². The summed E-state index contributed by atoms with van der Waals surface area (Å²) in [5.41, 5.74) is 4.14. The first-order valence-corrected chi connectivity index (χ1v) is 7.33. The molecule has 0 aliphatic carbocycles. The number of aryl methyl sites for hydroxylation is 2. The van der Waals surface area contributed by atoms with Gasteiger partial charge in [0.25, 0.3) is 0 Å². The zero-order chi connectivity index (χ0) is 12.5. The van der Waals surface area contributed by atoms with Gasteiger partial charge in [-0.2, -0.15) is 0 Å². The monoisotopic (exact) mass is 276 g/mol. The average Bonchev–Trinajstić information content (AvgIpc) is 2.97. The third kappa shape index (κ3) is 1.97. The summed E-state index contributed by atoms with van der Waals surface area (Å²) in [4.78, 5) is 15.3. The van der Waals surface area contributed by atoms with E-state index in [1.807, 2.05) is 10.9 Å². The highest BCUT2D eigenvalue weighted by Gasteiger charge is 2.11.